The average Bonchev–Trinajstić information content (AvgIpc) is 2.68. The number of aliphatic hydroxyl groups excluding tert-OH is 1. The van der Waals surface area contributed by atoms with Gasteiger partial charge >= 0.3 is 0 Å². The monoisotopic (exact) mass is 323 g/mol. The van der Waals surface area contributed by atoms with Crippen LogP contribution in [0.15, 0.2) is 34.8 Å². The average molecular weight is 324 g/mol. The van der Waals surface area contributed by atoms with Gasteiger partial charge in [-0.05, 0) is 30.7 Å². The summed E-state index contributed by atoms with van der Waals surface area (Å²) < 4.78 is 2.87. The van der Waals surface area contributed by atoms with Gasteiger partial charge in [-0.2, -0.15) is 5.10 Å². The molecule has 1 heterocycles. The number of hydrogen-bond acceptors (Lipinski definition) is 3. The Balaban J connectivity index is 1.85. The third-order valence-corrected chi connectivity index (χ3v) is 3.53. The lowest BCUT2D eigenvalue weighted by atomic mass is 10.1. The van der Waals surface area contributed by atoms with Gasteiger partial charge in [0.15, 0.2) is 0 Å². The lowest BCUT2D eigenvalue weighted by Gasteiger charge is -2.12. The molecule has 0 saturated heterocycles. The Bertz CT molecular complexity index is 536. The topological polar surface area (TPSA) is 50.1 Å². The molecule has 4 nitrogen and oxygen atoms in total. The minimum absolute atomic E-state index is 0.498. The molecule has 2 aromatic rings. The Kier molecular flexibility index (Phi) is 4.74. The molecule has 102 valence electrons. The first-order valence-electron chi connectivity index (χ1n) is 6.20. The minimum atomic E-state index is -0.498. The van der Waals surface area contributed by atoms with E-state index in [0.717, 1.165) is 21.4 Å². The maximum atomic E-state index is 10.1. The van der Waals surface area contributed by atoms with Gasteiger partial charge in [0.2, 0.25) is 0 Å². The number of benzene rings is 1. The summed E-state index contributed by atoms with van der Waals surface area (Å²) in [5.41, 5.74) is 3.03. The number of nitrogens with zero attached hydrogens (tertiary/aromatic N) is 2. The largest absolute Gasteiger partial charge is 0.387 e. The molecule has 0 spiro atoms. The summed E-state index contributed by atoms with van der Waals surface area (Å²) in [5, 5.41) is 17.6. The van der Waals surface area contributed by atoms with Crippen LogP contribution in [0.1, 0.15) is 23.1 Å². The standard InChI is InChI=1S/C14H18BrN3O/c1-10-7-13(18(2)17-10)8-16-9-14(19)11-3-5-12(15)6-4-11/h3-7,14,16,19H,8-9H2,1-2H3/t14-/m0/s1. The summed E-state index contributed by atoms with van der Waals surface area (Å²) >= 11 is 3.38. The molecule has 0 saturated carbocycles. The van der Waals surface area contributed by atoms with E-state index in [-0.39, 0.29) is 0 Å². The maximum Gasteiger partial charge on any atom is 0.0914 e. The summed E-state index contributed by atoms with van der Waals surface area (Å²) in [4.78, 5) is 0. The third-order valence-electron chi connectivity index (χ3n) is 3.00. The van der Waals surface area contributed by atoms with Crippen molar-refractivity contribution in [2.24, 2.45) is 7.05 Å². The summed E-state index contributed by atoms with van der Waals surface area (Å²) in [6.07, 6.45) is -0.498. The van der Waals surface area contributed by atoms with Crippen molar-refractivity contribution in [3.05, 3.63) is 51.8 Å². The van der Waals surface area contributed by atoms with Crippen molar-refractivity contribution in [1.82, 2.24) is 15.1 Å². The van der Waals surface area contributed by atoms with Crippen LogP contribution in [0.3, 0.4) is 0 Å². The number of aromatic nitrogens is 2. The minimum Gasteiger partial charge on any atom is -0.387 e. The lowest BCUT2D eigenvalue weighted by molar-refractivity contribution is 0.174. The molecule has 19 heavy (non-hydrogen) atoms. The fraction of sp³-hybridized carbons (Fsp3) is 0.357. The van der Waals surface area contributed by atoms with E-state index in [1.807, 2.05) is 49.0 Å². The number of halogens is 1. The summed E-state index contributed by atoms with van der Waals surface area (Å²) in [6, 6.07) is 9.75. The van der Waals surface area contributed by atoms with Crippen LogP contribution in [0.5, 0.6) is 0 Å². The zero-order valence-corrected chi connectivity index (χ0v) is 12.7. The molecule has 5 heteroatoms. The van der Waals surface area contributed by atoms with Gasteiger partial charge in [0, 0.05) is 24.6 Å². The van der Waals surface area contributed by atoms with Crippen molar-refractivity contribution < 1.29 is 5.11 Å². The van der Waals surface area contributed by atoms with Gasteiger partial charge in [-0.1, -0.05) is 28.1 Å². The fourth-order valence-corrected chi connectivity index (χ4v) is 2.23. The molecule has 0 aliphatic heterocycles. The van der Waals surface area contributed by atoms with Crippen LogP contribution in [-0.4, -0.2) is 21.4 Å². The Morgan fingerprint density at radius 1 is 1.37 bits per heavy atom. The summed E-state index contributed by atoms with van der Waals surface area (Å²) in [6.45, 7) is 3.19. The SMILES string of the molecule is Cc1cc(CNC[C@H](O)c2ccc(Br)cc2)n(C)n1. The maximum absolute atomic E-state index is 10.1. The Labute approximate surface area is 121 Å². The van der Waals surface area contributed by atoms with Gasteiger partial charge < -0.3 is 10.4 Å². The Morgan fingerprint density at radius 3 is 2.63 bits per heavy atom. The van der Waals surface area contributed by atoms with Gasteiger partial charge in [-0.15, -0.1) is 0 Å². The molecule has 0 unspecified atom stereocenters. The van der Waals surface area contributed by atoms with Crippen molar-refractivity contribution in [3.8, 4) is 0 Å². The molecule has 2 N–H and O–H groups in total. The zero-order chi connectivity index (χ0) is 13.8. The number of hydrogen-bond donors (Lipinski definition) is 2. The number of rotatable bonds is 5. The van der Waals surface area contributed by atoms with E-state index in [1.165, 1.54) is 0 Å². The van der Waals surface area contributed by atoms with Gasteiger partial charge in [-0.3, -0.25) is 4.68 Å². The number of aryl methyl sites for hydroxylation is 2. The van der Waals surface area contributed by atoms with E-state index in [9.17, 15) is 5.11 Å². The van der Waals surface area contributed by atoms with Crippen LogP contribution in [0.4, 0.5) is 0 Å². The Morgan fingerprint density at radius 2 is 2.05 bits per heavy atom. The first-order valence-corrected chi connectivity index (χ1v) is 6.99. The highest BCUT2D eigenvalue weighted by molar-refractivity contribution is 9.10. The quantitative estimate of drug-likeness (QED) is 0.887. The molecule has 0 aliphatic rings. The van der Waals surface area contributed by atoms with Crippen molar-refractivity contribution in [1.29, 1.82) is 0 Å². The molecule has 0 radical (unpaired) electrons. The predicted octanol–water partition coefficient (Wildman–Crippen LogP) is 2.31. The predicted molar refractivity (Wildman–Crippen MR) is 78.8 cm³/mol. The number of nitrogens with one attached hydrogen (secondary N) is 1. The molecule has 2 rings (SSSR count). The molecule has 1 aromatic carbocycles. The smallest absolute Gasteiger partial charge is 0.0914 e. The molecular weight excluding hydrogens is 306 g/mol. The van der Waals surface area contributed by atoms with Crippen LogP contribution < -0.4 is 5.32 Å². The van der Waals surface area contributed by atoms with Gasteiger partial charge in [0.25, 0.3) is 0 Å². The molecule has 1 aromatic heterocycles. The van der Waals surface area contributed by atoms with Crippen molar-refractivity contribution in [2.45, 2.75) is 19.6 Å². The second kappa shape index (κ2) is 6.32. The zero-order valence-electron chi connectivity index (χ0n) is 11.1. The van der Waals surface area contributed by atoms with Crippen LogP contribution in [0.25, 0.3) is 0 Å². The molecule has 0 bridgehead atoms. The number of aliphatic hydroxyl groups is 1. The van der Waals surface area contributed by atoms with E-state index in [1.54, 1.807) is 0 Å². The molecule has 0 aliphatic carbocycles. The van der Waals surface area contributed by atoms with E-state index < -0.39 is 6.10 Å². The van der Waals surface area contributed by atoms with Crippen molar-refractivity contribution >= 4 is 15.9 Å². The normalized spacial score (nSPS) is 12.6. The van der Waals surface area contributed by atoms with Crippen molar-refractivity contribution in [2.75, 3.05) is 6.54 Å². The Hall–Kier alpha value is -1.17. The van der Waals surface area contributed by atoms with Crippen LogP contribution in [0.2, 0.25) is 0 Å². The fourth-order valence-electron chi connectivity index (χ4n) is 1.97. The van der Waals surface area contributed by atoms with Gasteiger partial charge in [0.05, 0.1) is 17.5 Å². The molecular formula is C14H18BrN3O. The molecule has 1 atom stereocenters. The summed E-state index contributed by atoms with van der Waals surface area (Å²) in [5.74, 6) is 0. The highest BCUT2D eigenvalue weighted by atomic mass is 79.9. The van der Waals surface area contributed by atoms with E-state index in [4.69, 9.17) is 0 Å². The van der Waals surface area contributed by atoms with E-state index in [0.29, 0.717) is 13.1 Å². The van der Waals surface area contributed by atoms with Crippen LogP contribution >= 0.6 is 15.9 Å². The van der Waals surface area contributed by atoms with Gasteiger partial charge in [0.1, 0.15) is 0 Å². The molecule has 0 amide bonds. The lowest BCUT2D eigenvalue weighted by Crippen LogP contribution is -2.22. The second-order valence-corrected chi connectivity index (χ2v) is 5.51. The second-order valence-electron chi connectivity index (χ2n) is 4.60. The van der Waals surface area contributed by atoms with Crippen LogP contribution in [-0.2, 0) is 13.6 Å². The van der Waals surface area contributed by atoms with Gasteiger partial charge in [-0.25, -0.2) is 0 Å². The first kappa shape index (κ1) is 14.2. The van der Waals surface area contributed by atoms with E-state index >= 15 is 0 Å². The molecule has 0 fully saturated rings. The van der Waals surface area contributed by atoms with Crippen molar-refractivity contribution in [3.63, 3.8) is 0 Å². The van der Waals surface area contributed by atoms with Crippen LogP contribution in [0, 0.1) is 6.92 Å². The first-order chi connectivity index (χ1) is 9.06. The van der Waals surface area contributed by atoms with E-state index in [2.05, 4.69) is 26.3 Å². The highest BCUT2D eigenvalue weighted by Gasteiger charge is 2.07. The summed E-state index contributed by atoms with van der Waals surface area (Å²) in [7, 11) is 1.93. The highest BCUT2D eigenvalue weighted by Crippen LogP contribution is 2.16. The third kappa shape index (κ3) is 3.89.